The fraction of sp³-hybridized carbons (Fsp3) is 0.556. The standard InChI is InChI=1S/C18H29N3O3/c1-14(2)12-16(18(23)19-10-11-21(3)4)20-17(22)13-24-15-8-6-5-7-9-15/h5-9,14,16H,10-13H2,1-4H3,(H,19,23)(H,20,22)/t16-/m1/s1. The largest absolute Gasteiger partial charge is 0.484 e. The van der Waals surface area contributed by atoms with Gasteiger partial charge in [-0.2, -0.15) is 0 Å². The fourth-order valence-electron chi connectivity index (χ4n) is 2.13. The van der Waals surface area contributed by atoms with Gasteiger partial charge in [-0.3, -0.25) is 9.59 Å². The highest BCUT2D eigenvalue weighted by Crippen LogP contribution is 2.08. The molecule has 0 saturated heterocycles. The van der Waals surface area contributed by atoms with E-state index in [0.717, 1.165) is 6.54 Å². The highest BCUT2D eigenvalue weighted by Gasteiger charge is 2.21. The first-order valence-corrected chi connectivity index (χ1v) is 8.28. The van der Waals surface area contributed by atoms with Crippen molar-refractivity contribution in [1.82, 2.24) is 15.5 Å². The van der Waals surface area contributed by atoms with Crippen LogP contribution in [0.4, 0.5) is 0 Å². The third kappa shape index (κ3) is 8.53. The van der Waals surface area contributed by atoms with Crippen LogP contribution in [0.15, 0.2) is 30.3 Å². The maximum atomic E-state index is 12.3. The second-order valence-electron chi connectivity index (χ2n) is 6.45. The predicted octanol–water partition coefficient (Wildman–Crippen LogP) is 1.27. The van der Waals surface area contributed by atoms with E-state index in [-0.39, 0.29) is 18.4 Å². The zero-order valence-corrected chi connectivity index (χ0v) is 15.0. The second-order valence-corrected chi connectivity index (χ2v) is 6.45. The van der Waals surface area contributed by atoms with Gasteiger partial charge < -0.3 is 20.3 Å². The monoisotopic (exact) mass is 335 g/mol. The van der Waals surface area contributed by atoms with Crippen molar-refractivity contribution in [1.29, 1.82) is 0 Å². The molecule has 24 heavy (non-hydrogen) atoms. The maximum Gasteiger partial charge on any atom is 0.258 e. The summed E-state index contributed by atoms with van der Waals surface area (Å²) in [6.07, 6.45) is 0.588. The Morgan fingerprint density at radius 3 is 2.42 bits per heavy atom. The topological polar surface area (TPSA) is 70.7 Å². The van der Waals surface area contributed by atoms with Crippen LogP contribution in [0.25, 0.3) is 0 Å². The van der Waals surface area contributed by atoms with Gasteiger partial charge in [0.15, 0.2) is 6.61 Å². The molecule has 1 atom stereocenters. The van der Waals surface area contributed by atoms with E-state index in [1.807, 2.05) is 51.0 Å². The molecule has 134 valence electrons. The molecular formula is C18H29N3O3. The first-order chi connectivity index (χ1) is 11.4. The van der Waals surface area contributed by atoms with Crippen LogP contribution in [0.1, 0.15) is 20.3 Å². The van der Waals surface area contributed by atoms with Gasteiger partial charge in [0.05, 0.1) is 0 Å². The van der Waals surface area contributed by atoms with Crippen LogP contribution in [0.2, 0.25) is 0 Å². The van der Waals surface area contributed by atoms with Crippen LogP contribution in [0.5, 0.6) is 5.75 Å². The van der Waals surface area contributed by atoms with Crippen LogP contribution in [-0.2, 0) is 9.59 Å². The van der Waals surface area contributed by atoms with Crippen LogP contribution in [0.3, 0.4) is 0 Å². The zero-order valence-electron chi connectivity index (χ0n) is 15.0. The van der Waals surface area contributed by atoms with Gasteiger partial charge in [-0.05, 0) is 38.6 Å². The van der Waals surface area contributed by atoms with Crippen molar-refractivity contribution in [3.8, 4) is 5.75 Å². The molecule has 0 radical (unpaired) electrons. The number of nitrogens with zero attached hydrogens (tertiary/aromatic N) is 1. The smallest absolute Gasteiger partial charge is 0.258 e. The maximum absolute atomic E-state index is 12.3. The lowest BCUT2D eigenvalue weighted by Crippen LogP contribution is -2.49. The number of benzene rings is 1. The van der Waals surface area contributed by atoms with Crippen molar-refractivity contribution in [2.24, 2.45) is 5.92 Å². The number of ether oxygens (including phenoxy) is 1. The van der Waals surface area contributed by atoms with E-state index in [4.69, 9.17) is 4.74 Å². The summed E-state index contributed by atoms with van der Waals surface area (Å²) in [6.45, 7) is 5.24. The average molecular weight is 335 g/mol. The molecule has 1 aromatic carbocycles. The molecule has 0 saturated carbocycles. The third-order valence-electron chi connectivity index (χ3n) is 3.33. The van der Waals surface area contributed by atoms with E-state index in [2.05, 4.69) is 10.6 Å². The quantitative estimate of drug-likeness (QED) is 0.676. The minimum Gasteiger partial charge on any atom is -0.484 e. The summed E-state index contributed by atoms with van der Waals surface area (Å²) in [6, 6.07) is 8.59. The summed E-state index contributed by atoms with van der Waals surface area (Å²) in [5.74, 6) is 0.472. The summed E-state index contributed by atoms with van der Waals surface area (Å²) in [7, 11) is 3.89. The number of para-hydroxylation sites is 1. The molecule has 2 N–H and O–H groups in total. The van der Waals surface area contributed by atoms with Gasteiger partial charge in [-0.1, -0.05) is 32.0 Å². The van der Waals surface area contributed by atoms with Crippen molar-refractivity contribution in [3.63, 3.8) is 0 Å². The number of amides is 2. The van der Waals surface area contributed by atoms with Gasteiger partial charge in [0.25, 0.3) is 5.91 Å². The lowest BCUT2D eigenvalue weighted by Gasteiger charge is -2.21. The van der Waals surface area contributed by atoms with Crippen molar-refractivity contribution in [2.45, 2.75) is 26.3 Å². The van der Waals surface area contributed by atoms with E-state index in [0.29, 0.717) is 24.6 Å². The van der Waals surface area contributed by atoms with Gasteiger partial charge in [0.1, 0.15) is 11.8 Å². The van der Waals surface area contributed by atoms with Crippen molar-refractivity contribution >= 4 is 11.8 Å². The fourth-order valence-corrected chi connectivity index (χ4v) is 2.13. The number of carbonyl (C=O) groups is 2. The molecule has 0 fully saturated rings. The molecule has 0 aliphatic heterocycles. The Labute approximate surface area is 144 Å². The number of likely N-dealkylation sites (N-methyl/N-ethyl adjacent to an activating group) is 1. The van der Waals surface area contributed by atoms with Crippen LogP contribution >= 0.6 is 0 Å². The molecule has 1 aromatic rings. The molecule has 0 aliphatic rings. The summed E-state index contributed by atoms with van der Waals surface area (Å²) < 4.78 is 5.42. The Balaban J connectivity index is 2.48. The summed E-state index contributed by atoms with van der Waals surface area (Å²) in [5.41, 5.74) is 0. The van der Waals surface area contributed by atoms with Gasteiger partial charge in [-0.25, -0.2) is 0 Å². The Bertz CT molecular complexity index is 503. The van der Waals surface area contributed by atoms with Gasteiger partial charge in [0, 0.05) is 13.1 Å². The van der Waals surface area contributed by atoms with E-state index >= 15 is 0 Å². The zero-order chi connectivity index (χ0) is 17.9. The molecular weight excluding hydrogens is 306 g/mol. The Kier molecular flexibility index (Phi) is 8.86. The van der Waals surface area contributed by atoms with Crippen molar-refractivity contribution in [2.75, 3.05) is 33.8 Å². The minimum atomic E-state index is -0.543. The lowest BCUT2D eigenvalue weighted by atomic mass is 10.0. The lowest BCUT2D eigenvalue weighted by molar-refractivity contribution is -0.130. The highest BCUT2D eigenvalue weighted by atomic mass is 16.5. The number of rotatable bonds is 10. The Hall–Kier alpha value is -2.08. The molecule has 6 heteroatoms. The van der Waals surface area contributed by atoms with E-state index < -0.39 is 6.04 Å². The molecule has 6 nitrogen and oxygen atoms in total. The molecule has 0 heterocycles. The average Bonchev–Trinajstić information content (AvgIpc) is 2.52. The van der Waals surface area contributed by atoms with Crippen LogP contribution < -0.4 is 15.4 Å². The predicted molar refractivity (Wildman–Crippen MR) is 94.9 cm³/mol. The molecule has 0 aliphatic carbocycles. The number of carbonyl (C=O) groups excluding carboxylic acids is 2. The Morgan fingerprint density at radius 1 is 1.17 bits per heavy atom. The molecule has 0 spiro atoms. The van der Waals surface area contributed by atoms with Crippen LogP contribution in [0, 0.1) is 5.92 Å². The Morgan fingerprint density at radius 2 is 1.83 bits per heavy atom. The van der Waals surface area contributed by atoms with Gasteiger partial charge in [-0.15, -0.1) is 0 Å². The summed E-state index contributed by atoms with van der Waals surface area (Å²) in [4.78, 5) is 26.3. The first-order valence-electron chi connectivity index (χ1n) is 8.28. The molecule has 0 bridgehead atoms. The van der Waals surface area contributed by atoms with Crippen molar-refractivity contribution in [3.05, 3.63) is 30.3 Å². The highest BCUT2D eigenvalue weighted by molar-refractivity contribution is 5.88. The summed E-state index contributed by atoms with van der Waals surface area (Å²) >= 11 is 0. The number of hydrogen-bond donors (Lipinski definition) is 2. The summed E-state index contributed by atoms with van der Waals surface area (Å²) in [5, 5.41) is 5.63. The normalized spacial score (nSPS) is 12.1. The molecule has 0 unspecified atom stereocenters. The van der Waals surface area contributed by atoms with E-state index in [1.54, 1.807) is 12.1 Å². The van der Waals surface area contributed by atoms with Gasteiger partial charge >= 0.3 is 0 Å². The van der Waals surface area contributed by atoms with Gasteiger partial charge in [0.2, 0.25) is 5.91 Å². The second kappa shape index (κ2) is 10.6. The van der Waals surface area contributed by atoms with Crippen molar-refractivity contribution < 1.29 is 14.3 Å². The molecule has 0 aromatic heterocycles. The minimum absolute atomic E-state index is 0.108. The molecule has 1 rings (SSSR count). The third-order valence-corrected chi connectivity index (χ3v) is 3.33. The molecule has 2 amide bonds. The number of hydrogen-bond acceptors (Lipinski definition) is 4. The van der Waals surface area contributed by atoms with E-state index in [1.165, 1.54) is 0 Å². The van der Waals surface area contributed by atoms with Crippen LogP contribution in [-0.4, -0.2) is 56.5 Å². The number of nitrogens with one attached hydrogen (secondary N) is 2. The first kappa shape index (κ1) is 20.0. The van der Waals surface area contributed by atoms with E-state index in [9.17, 15) is 9.59 Å². The SMILES string of the molecule is CC(C)C[C@@H](NC(=O)COc1ccccc1)C(=O)NCCN(C)C.